The quantitative estimate of drug-likeness (QED) is 0.781. The van der Waals surface area contributed by atoms with Crippen molar-refractivity contribution in [1.82, 2.24) is 15.3 Å². The Balaban J connectivity index is 0.00000133. The number of aromatic nitrogens is 2. The SMILES string of the molecule is Cl.O=C(O)C1C=C(c2c[nH]c3ncccc23)CNC1. The minimum absolute atomic E-state index is 0. The first-order valence-electron chi connectivity index (χ1n) is 5.82. The van der Waals surface area contributed by atoms with E-state index in [1.54, 1.807) is 6.20 Å². The summed E-state index contributed by atoms with van der Waals surface area (Å²) in [6, 6.07) is 3.87. The Morgan fingerprint density at radius 2 is 2.32 bits per heavy atom. The monoisotopic (exact) mass is 279 g/mol. The van der Waals surface area contributed by atoms with Crippen molar-refractivity contribution in [1.29, 1.82) is 0 Å². The van der Waals surface area contributed by atoms with Gasteiger partial charge in [0.15, 0.2) is 0 Å². The lowest BCUT2D eigenvalue weighted by atomic mass is 9.96. The van der Waals surface area contributed by atoms with Crippen LogP contribution in [0.2, 0.25) is 0 Å². The van der Waals surface area contributed by atoms with E-state index in [4.69, 9.17) is 5.11 Å². The lowest BCUT2D eigenvalue weighted by Crippen LogP contribution is -2.32. The molecule has 0 bridgehead atoms. The molecule has 0 radical (unpaired) electrons. The molecule has 0 aromatic carbocycles. The number of carboxylic acid groups (broad SMARTS) is 1. The fraction of sp³-hybridized carbons (Fsp3) is 0.231. The number of aromatic amines is 1. The van der Waals surface area contributed by atoms with Crippen LogP contribution in [0.15, 0.2) is 30.6 Å². The lowest BCUT2D eigenvalue weighted by molar-refractivity contribution is -0.139. The van der Waals surface area contributed by atoms with Gasteiger partial charge in [0, 0.05) is 36.4 Å². The maximum Gasteiger partial charge on any atom is 0.311 e. The Hall–Kier alpha value is -1.85. The zero-order valence-electron chi connectivity index (χ0n) is 10.1. The van der Waals surface area contributed by atoms with Gasteiger partial charge in [0.05, 0.1) is 5.92 Å². The second kappa shape index (κ2) is 5.42. The highest BCUT2D eigenvalue weighted by molar-refractivity contribution is 5.92. The van der Waals surface area contributed by atoms with E-state index < -0.39 is 11.9 Å². The van der Waals surface area contributed by atoms with Crippen molar-refractivity contribution in [3.8, 4) is 0 Å². The summed E-state index contributed by atoms with van der Waals surface area (Å²) in [4.78, 5) is 18.4. The Kier molecular flexibility index (Phi) is 3.87. The van der Waals surface area contributed by atoms with E-state index in [-0.39, 0.29) is 12.4 Å². The minimum Gasteiger partial charge on any atom is -0.481 e. The van der Waals surface area contributed by atoms with Crippen molar-refractivity contribution in [3.05, 3.63) is 36.2 Å². The molecular formula is C13H14ClN3O2. The highest BCUT2D eigenvalue weighted by Gasteiger charge is 2.21. The van der Waals surface area contributed by atoms with Gasteiger partial charge in [0.1, 0.15) is 5.65 Å². The molecule has 0 saturated carbocycles. The Labute approximate surface area is 116 Å². The highest BCUT2D eigenvalue weighted by atomic mass is 35.5. The van der Waals surface area contributed by atoms with Gasteiger partial charge < -0.3 is 15.4 Å². The molecule has 3 rings (SSSR count). The molecule has 0 amide bonds. The Morgan fingerprint density at radius 3 is 3.11 bits per heavy atom. The maximum atomic E-state index is 11.0. The molecule has 3 heterocycles. The van der Waals surface area contributed by atoms with E-state index in [9.17, 15) is 4.79 Å². The molecule has 100 valence electrons. The van der Waals surface area contributed by atoms with Crippen LogP contribution < -0.4 is 5.32 Å². The van der Waals surface area contributed by atoms with Crippen LogP contribution in [0.5, 0.6) is 0 Å². The number of halogens is 1. The van der Waals surface area contributed by atoms with Crippen LogP contribution in [0, 0.1) is 5.92 Å². The van der Waals surface area contributed by atoms with Crippen molar-refractivity contribution in [3.63, 3.8) is 0 Å². The third-order valence-electron chi connectivity index (χ3n) is 3.20. The number of hydrogen-bond donors (Lipinski definition) is 3. The van der Waals surface area contributed by atoms with Crippen molar-refractivity contribution >= 4 is 35.0 Å². The van der Waals surface area contributed by atoms with Crippen LogP contribution in [0.1, 0.15) is 5.56 Å². The standard InChI is InChI=1S/C13H13N3O2.ClH/c17-13(18)9-4-8(5-14-6-9)11-7-16-12-10(11)2-1-3-15-12;/h1-4,7,9,14H,5-6H2,(H,15,16)(H,17,18);1H. The maximum absolute atomic E-state index is 11.0. The molecule has 5 nitrogen and oxygen atoms in total. The van der Waals surface area contributed by atoms with E-state index in [0.717, 1.165) is 22.2 Å². The molecule has 1 unspecified atom stereocenters. The van der Waals surface area contributed by atoms with Gasteiger partial charge in [-0.05, 0) is 17.7 Å². The smallest absolute Gasteiger partial charge is 0.311 e. The summed E-state index contributed by atoms with van der Waals surface area (Å²) in [5, 5.41) is 13.2. The largest absolute Gasteiger partial charge is 0.481 e. The zero-order valence-corrected chi connectivity index (χ0v) is 10.9. The summed E-state index contributed by atoms with van der Waals surface area (Å²) in [5.74, 6) is -1.26. The molecule has 0 spiro atoms. The minimum atomic E-state index is -0.794. The van der Waals surface area contributed by atoms with Gasteiger partial charge in [0.2, 0.25) is 0 Å². The summed E-state index contributed by atoms with van der Waals surface area (Å²) in [6.07, 6.45) is 5.44. The number of rotatable bonds is 2. The first kappa shape index (κ1) is 13.6. The number of carbonyl (C=O) groups is 1. The first-order valence-corrected chi connectivity index (χ1v) is 5.82. The summed E-state index contributed by atoms with van der Waals surface area (Å²) in [6.45, 7) is 1.17. The van der Waals surface area contributed by atoms with E-state index >= 15 is 0 Å². The molecule has 2 aromatic heterocycles. The van der Waals surface area contributed by atoms with Crippen LogP contribution in [0.4, 0.5) is 0 Å². The average molecular weight is 280 g/mol. The Bertz CT molecular complexity index is 636. The number of aliphatic carboxylic acids is 1. The van der Waals surface area contributed by atoms with Crippen molar-refractivity contribution in [2.45, 2.75) is 0 Å². The molecule has 2 aromatic rings. The molecule has 0 fully saturated rings. The average Bonchev–Trinajstić information content (AvgIpc) is 2.82. The third-order valence-corrected chi connectivity index (χ3v) is 3.20. The van der Waals surface area contributed by atoms with Crippen LogP contribution in [-0.2, 0) is 4.79 Å². The molecule has 1 aliphatic heterocycles. The van der Waals surface area contributed by atoms with Crippen molar-refractivity contribution in [2.75, 3.05) is 13.1 Å². The Morgan fingerprint density at radius 1 is 1.47 bits per heavy atom. The van der Waals surface area contributed by atoms with Gasteiger partial charge in [-0.1, -0.05) is 6.08 Å². The van der Waals surface area contributed by atoms with E-state index in [0.29, 0.717) is 13.1 Å². The van der Waals surface area contributed by atoms with Gasteiger partial charge in [-0.2, -0.15) is 0 Å². The van der Waals surface area contributed by atoms with Crippen LogP contribution in [0.3, 0.4) is 0 Å². The van der Waals surface area contributed by atoms with Crippen LogP contribution >= 0.6 is 12.4 Å². The molecule has 19 heavy (non-hydrogen) atoms. The lowest BCUT2D eigenvalue weighted by Gasteiger charge is -2.19. The summed E-state index contributed by atoms with van der Waals surface area (Å²) >= 11 is 0. The fourth-order valence-electron chi connectivity index (χ4n) is 2.29. The topological polar surface area (TPSA) is 78.0 Å². The molecule has 3 N–H and O–H groups in total. The normalized spacial score (nSPS) is 18.7. The molecule has 1 aliphatic rings. The summed E-state index contributed by atoms with van der Waals surface area (Å²) in [5.41, 5.74) is 2.86. The summed E-state index contributed by atoms with van der Waals surface area (Å²) < 4.78 is 0. The number of hydrogen-bond acceptors (Lipinski definition) is 3. The van der Waals surface area contributed by atoms with Crippen LogP contribution in [-0.4, -0.2) is 34.1 Å². The second-order valence-corrected chi connectivity index (χ2v) is 4.37. The molecule has 0 aliphatic carbocycles. The van der Waals surface area contributed by atoms with Crippen LogP contribution in [0.25, 0.3) is 16.6 Å². The zero-order chi connectivity index (χ0) is 12.5. The number of H-pyrrole nitrogens is 1. The van der Waals surface area contributed by atoms with E-state index in [2.05, 4.69) is 15.3 Å². The van der Waals surface area contributed by atoms with Gasteiger partial charge in [0.25, 0.3) is 0 Å². The summed E-state index contributed by atoms with van der Waals surface area (Å²) in [7, 11) is 0. The van der Waals surface area contributed by atoms with Crippen molar-refractivity contribution < 1.29 is 9.90 Å². The number of nitrogens with zero attached hydrogens (tertiary/aromatic N) is 1. The third kappa shape index (κ3) is 2.47. The highest BCUT2D eigenvalue weighted by Crippen LogP contribution is 2.26. The number of carboxylic acids is 1. The van der Waals surface area contributed by atoms with E-state index in [1.165, 1.54) is 0 Å². The number of fused-ring (bicyclic) bond motifs is 1. The van der Waals surface area contributed by atoms with Crippen molar-refractivity contribution in [2.24, 2.45) is 5.92 Å². The first-order chi connectivity index (χ1) is 8.75. The molecule has 1 atom stereocenters. The fourth-order valence-corrected chi connectivity index (χ4v) is 2.29. The number of nitrogens with one attached hydrogen (secondary N) is 2. The van der Waals surface area contributed by atoms with Gasteiger partial charge >= 0.3 is 5.97 Å². The van der Waals surface area contributed by atoms with Gasteiger partial charge in [-0.3, -0.25) is 4.79 Å². The van der Waals surface area contributed by atoms with E-state index in [1.807, 2.05) is 24.4 Å². The number of pyridine rings is 1. The predicted molar refractivity (Wildman–Crippen MR) is 75.3 cm³/mol. The van der Waals surface area contributed by atoms with Gasteiger partial charge in [-0.25, -0.2) is 4.98 Å². The molecular weight excluding hydrogens is 266 g/mol. The second-order valence-electron chi connectivity index (χ2n) is 4.37. The predicted octanol–water partition coefficient (Wildman–Crippen LogP) is 1.67. The molecule has 6 heteroatoms. The van der Waals surface area contributed by atoms with Gasteiger partial charge in [-0.15, -0.1) is 12.4 Å². The molecule has 0 saturated heterocycles.